The summed E-state index contributed by atoms with van der Waals surface area (Å²) < 4.78 is 55.0. The second-order valence-corrected chi connectivity index (χ2v) is 10.2. The van der Waals surface area contributed by atoms with Crippen molar-refractivity contribution in [2.24, 2.45) is 12.0 Å². The van der Waals surface area contributed by atoms with Crippen LogP contribution >= 0.6 is 23.4 Å². The third-order valence-electron chi connectivity index (χ3n) is 5.84. The summed E-state index contributed by atoms with van der Waals surface area (Å²) in [5, 5.41) is 1.61. The second-order valence-electron chi connectivity index (χ2n) is 8.65. The number of para-hydroxylation sites is 1. The fraction of sp³-hybridized carbons (Fsp3) is 0.192. The Balaban J connectivity index is 1.71. The van der Waals surface area contributed by atoms with Crippen molar-refractivity contribution in [2.45, 2.75) is 17.8 Å². The van der Waals surface area contributed by atoms with Crippen LogP contribution in [0.15, 0.2) is 75.8 Å². The van der Waals surface area contributed by atoms with Crippen LogP contribution in [-0.2, 0) is 22.8 Å². The first kappa shape index (κ1) is 29.8. The molecular formula is C26H20ClF4N5O4S. The van der Waals surface area contributed by atoms with E-state index in [1.54, 1.807) is 30.3 Å². The molecule has 2 amide bonds. The molecule has 0 radical (unpaired) electrons. The SMILES string of the molecule is C=CCN1C(=O)C(CC(=O)Nc2ccccc2)S/C1=N\c1cc(-n2c(=O)cc(C(F)(F)F)n(C)c2=O)c(F)cc1Cl. The number of amides is 2. The Hall–Kier alpha value is -4.17. The smallest absolute Gasteiger partial charge is 0.326 e. The number of aliphatic imine (C=N–C) groups is 1. The quantitative estimate of drug-likeness (QED) is 0.314. The van der Waals surface area contributed by atoms with E-state index in [1.807, 2.05) is 0 Å². The van der Waals surface area contributed by atoms with Crippen LogP contribution in [0.4, 0.5) is 28.9 Å². The van der Waals surface area contributed by atoms with Crippen LogP contribution in [0.3, 0.4) is 0 Å². The van der Waals surface area contributed by atoms with Crippen LogP contribution in [0, 0.1) is 5.82 Å². The summed E-state index contributed by atoms with van der Waals surface area (Å²) in [6.45, 7) is 3.61. The zero-order valence-electron chi connectivity index (χ0n) is 21.1. The van der Waals surface area contributed by atoms with E-state index in [1.165, 1.54) is 11.0 Å². The molecule has 1 saturated heterocycles. The summed E-state index contributed by atoms with van der Waals surface area (Å²) in [6.07, 6.45) is -3.79. The summed E-state index contributed by atoms with van der Waals surface area (Å²) in [7, 11) is 0.790. The molecule has 2 heterocycles. The normalized spacial score (nSPS) is 16.3. The predicted molar refractivity (Wildman–Crippen MR) is 147 cm³/mol. The Kier molecular flexibility index (Phi) is 8.54. The Morgan fingerprint density at radius 2 is 1.85 bits per heavy atom. The highest BCUT2D eigenvalue weighted by atomic mass is 35.5. The lowest BCUT2D eigenvalue weighted by atomic mass is 10.2. The molecule has 0 aliphatic carbocycles. The zero-order chi connectivity index (χ0) is 30.1. The van der Waals surface area contributed by atoms with Crippen LogP contribution < -0.4 is 16.6 Å². The topological polar surface area (TPSA) is 106 Å². The van der Waals surface area contributed by atoms with Crippen molar-refractivity contribution in [2.75, 3.05) is 11.9 Å². The largest absolute Gasteiger partial charge is 0.431 e. The number of rotatable bonds is 7. The Bertz CT molecular complexity index is 1690. The number of alkyl halides is 3. The number of carbonyl (C=O) groups is 2. The molecule has 15 heteroatoms. The molecule has 9 nitrogen and oxygen atoms in total. The summed E-state index contributed by atoms with van der Waals surface area (Å²) in [6, 6.07) is 10.4. The Morgan fingerprint density at radius 1 is 1.17 bits per heavy atom. The van der Waals surface area contributed by atoms with Gasteiger partial charge < -0.3 is 5.32 Å². The first-order valence-electron chi connectivity index (χ1n) is 11.7. The van der Waals surface area contributed by atoms with Gasteiger partial charge in [0.2, 0.25) is 11.8 Å². The number of amidine groups is 1. The maximum atomic E-state index is 14.9. The summed E-state index contributed by atoms with van der Waals surface area (Å²) >= 11 is 7.11. The number of nitrogens with one attached hydrogen (secondary N) is 1. The zero-order valence-corrected chi connectivity index (χ0v) is 22.7. The number of halogens is 5. The van der Waals surface area contributed by atoms with Gasteiger partial charge in [0.1, 0.15) is 16.8 Å². The highest BCUT2D eigenvalue weighted by molar-refractivity contribution is 8.15. The molecular weight excluding hydrogens is 590 g/mol. The maximum absolute atomic E-state index is 14.9. The van der Waals surface area contributed by atoms with Gasteiger partial charge in [0.15, 0.2) is 5.17 Å². The van der Waals surface area contributed by atoms with Gasteiger partial charge in [-0.2, -0.15) is 13.2 Å². The molecule has 0 bridgehead atoms. The number of nitrogens with zero attached hydrogens (tertiary/aromatic N) is 4. The van der Waals surface area contributed by atoms with Gasteiger partial charge in [0.05, 0.1) is 16.4 Å². The van der Waals surface area contributed by atoms with E-state index in [4.69, 9.17) is 11.6 Å². The lowest BCUT2D eigenvalue weighted by molar-refractivity contribution is -0.144. The number of hydrogen-bond donors (Lipinski definition) is 1. The van der Waals surface area contributed by atoms with Crippen molar-refractivity contribution in [1.82, 2.24) is 14.0 Å². The average molecular weight is 610 g/mol. The maximum Gasteiger partial charge on any atom is 0.431 e. The van der Waals surface area contributed by atoms with Gasteiger partial charge >= 0.3 is 11.9 Å². The van der Waals surface area contributed by atoms with Crippen LogP contribution in [0.5, 0.6) is 0 Å². The summed E-state index contributed by atoms with van der Waals surface area (Å²) in [5.41, 5.74) is -4.73. The molecule has 41 heavy (non-hydrogen) atoms. The lowest BCUT2D eigenvalue weighted by Gasteiger charge is -2.16. The van der Waals surface area contributed by atoms with Crippen molar-refractivity contribution < 1.29 is 27.2 Å². The summed E-state index contributed by atoms with van der Waals surface area (Å²) in [5.74, 6) is -2.06. The van der Waals surface area contributed by atoms with E-state index < -0.39 is 51.7 Å². The van der Waals surface area contributed by atoms with Gasteiger partial charge in [0.25, 0.3) is 5.56 Å². The predicted octanol–water partition coefficient (Wildman–Crippen LogP) is 4.49. The molecule has 1 aromatic heterocycles. The fourth-order valence-corrected chi connectivity index (χ4v) is 5.28. The number of thioether (sulfide) groups is 1. The van der Waals surface area contributed by atoms with Crippen LogP contribution in [0.1, 0.15) is 12.1 Å². The minimum Gasteiger partial charge on any atom is -0.326 e. The molecule has 0 spiro atoms. The number of carbonyl (C=O) groups excluding carboxylic acids is 2. The van der Waals surface area contributed by atoms with Gasteiger partial charge in [0, 0.05) is 31.8 Å². The lowest BCUT2D eigenvalue weighted by Crippen LogP contribution is -2.41. The Morgan fingerprint density at radius 3 is 2.49 bits per heavy atom. The third-order valence-corrected chi connectivity index (χ3v) is 7.32. The first-order valence-corrected chi connectivity index (χ1v) is 13.0. The molecule has 1 aliphatic rings. The van der Waals surface area contributed by atoms with Crippen molar-refractivity contribution in [1.29, 1.82) is 0 Å². The van der Waals surface area contributed by atoms with E-state index in [2.05, 4.69) is 16.9 Å². The molecule has 0 saturated carbocycles. The average Bonchev–Trinajstić information content (AvgIpc) is 3.17. The van der Waals surface area contributed by atoms with E-state index in [-0.39, 0.29) is 44.0 Å². The number of aromatic nitrogens is 2. The number of benzene rings is 2. The standard InChI is InChI=1S/C26H20ClF4N5O4S/c1-3-9-35-23(39)19(12-21(37)32-14-7-5-4-6-8-14)41-24(35)33-17-11-18(16(28)10-15(17)27)36-22(38)13-20(26(29,30)31)34(2)25(36)40/h3-8,10-11,13,19H,1,9,12H2,2H3,(H,32,37)/b33-24-. The molecule has 2 aromatic carbocycles. The monoisotopic (exact) mass is 609 g/mol. The van der Waals surface area contributed by atoms with E-state index in [9.17, 15) is 36.7 Å². The van der Waals surface area contributed by atoms with Gasteiger partial charge in [-0.25, -0.2) is 18.7 Å². The molecule has 1 aliphatic heterocycles. The van der Waals surface area contributed by atoms with E-state index in [0.717, 1.165) is 30.9 Å². The minimum atomic E-state index is -5.00. The molecule has 214 valence electrons. The third kappa shape index (κ3) is 6.28. The van der Waals surface area contributed by atoms with Crippen molar-refractivity contribution in [3.05, 3.63) is 98.6 Å². The first-order chi connectivity index (χ1) is 19.3. The fourth-order valence-electron chi connectivity index (χ4n) is 3.93. The van der Waals surface area contributed by atoms with Gasteiger partial charge in [-0.3, -0.25) is 23.9 Å². The highest BCUT2D eigenvalue weighted by Crippen LogP contribution is 2.35. The van der Waals surface area contributed by atoms with Crippen molar-refractivity contribution in [3.63, 3.8) is 0 Å². The van der Waals surface area contributed by atoms with Gasteiger partial charge in [-0.15, -0.1) is 6.58 Å². The number of anilines is 1. The van der Waals surface area contributed by atoms with Crippen LogP contribution in [0.2, 0.25) is 5.02 Å². The van der Waals surface area contributed by atoms with Crippen molar-refractivity contribution in [3.8, 4) is 5.69 Å². The minimum absolute atomic E-state index is 0.00600. The molecule has 1 unspecified atom stereocenters. The molecule has 1 atom stereocenters. The molecule has 1 N–H and O–H groups in total. The number of hydrogen-bond acceptors (Lipinski definition) is 6. The van der Waals surface area contributed by atoms with E-state index in [0.29, 0.717) is 5.69 Å². The summed E-state index contributed by atoms with van der Waals surface area (Å²) in [4.78, 5) is 56.4. The second kappa shape index (κ2) is 11.7. The van der Waals surface area contributed by atoms with Gasteiger partial charge in [-0.05, 0) is 24.3 Å². The van der Waals surface area contributed by atoms with E-state index >= 15 is 0 Å². The highest BCUT2D eigenvalue weighted by Gasteiger charge is 2.39. The van der Waals surface area contributed by atoms with Gasteiger partial charge in [-0.1, -0.05) is 47.6 Å². The van der Waals surface area contributed by atoms with Crippen molar-refractivity contribution >= 4 is 51.7 Å². The Labute approximate surface area is 238 Å². The van der Waals surface area contributed by atoms with Crippen LogP contribution in [-0.4, -0.2) is 42.8 Å². The molecule has 1 fully saturated rings. The van der Waals surface area contributed by atoms with Crippen LogP contribution in [0.25, 0.3) is 5.69 Å². The molecule has 4 rings (SSSR count). The molecule has 3 aromatic rings.